The lowest BCUT2D eigenvalue weighted by molar-refractivity contribution is -0.131. The van der Waals surface area contributed by atoms with E-state index in [0.29, 0.717) is 31.2 Å². The number of carbonyl (C=O) groups excluding carboxylic acids is 2. The van der Waals surface area contributed by atoms with E-state index in [2.05, 4.69) is 36.9 Å². The topological polar surface area (TPSA) is 47.1 Å². The number of benzene rings is 2. The van der Waals surface area contributed by atoms with Crippen molar-refractivity contribution >= 4 is 34.9 Å². The third-order valence-corrected chi connectivity index (χ3v) is 6.11. The van der Waals surface area contributed by atoms with Crippen molar-refractivity contribution in [3.63, 3.8) is 0 Å². The van der Waals surface area contributed by atoms with Crippen LogP contribution in [-0.2, 0) is 4.79 Å². The highest BCUT2D eigenvalue weighted by molar-refractivity contribution is 6.30. The Labute approximate surface area is 182 Å². The molecule has 0 aromatic heterocycles. The molecule has 0 atom stereocenters. The van der Waals surface area contributed by atoms with E-state index in [1.54, 1.807) is 21.9 Å². The summed E-state index contributed by atoms with van der Waals surface area (Å²) in [5.74, 6) is 0.0110. The van der Waals surface area contributed by atoms with Crippen LogP contribution in [0.3, 0.4) is 0 Å². The van der Waals surface area contributed by atoms with Crippen LogP contribution in [0.1, 0.15) is 11.1 Å². The van der Waals surface area contributed by atoms with Gasteiger partial charge < -0.3 is 14.7 Å². The number of amides is 3. The van der Waals surface area contributed by atoms with Crippen LogP contribution in [0.5, 0.6) is 0 Å². The molecule has 158 valence electrons. The number of hydrogen-bond acceptors (Lipinski definition) is 3. The zero-order valence-electron chi connectivity index (χ0n) is 17.5. The van der Waals surface area contributed by atoms with Gasteiger partial charge in [-0.25, -0.2) is 4.79 Å². The van der Waals surface area contributed by atoms with Gasteiger partial charge in [-0.2, -0.15) is 0 Å². The first-order valence-corrected chi connectivity index (χ1v) is 10.7. The first-order chi connectivity index (χ1) is 14.4. The molecule has 2 aromatic rings. The molecule has 2 heterocycles. The second-order valence-electron chi connectivity index (χ2n) is 7.99. The van der Waals surface area contributed by atoms with Gasteiger partial charge in [-0.1, -0.05) is 29.8 Å². The zero-order chi connectivity index (χ0) is 21.3. The molecule has 30 heavy (non-hydrogen) atoms. The van der Waals surface area contributed by atoms with Crippen LogP contribution in [0, 0.1) is 13.8 Å². The number of hydrogen-bond donors (Lipinski definition) is 0. The molecule has 0 aliphatic carbocycles. The quantitative estimate of drug-likeness (QED) is 0.751. The molecule has 0 N–H and O–H groups in total. The van der Waals surface area contributed by atoms with Crippen LogP contribution in [0.15, 0.2) is 42.5 Å². The van der Waals surface area contributed by atoms with Crippen molar-refractivity contribution in [2.45, 2.75) is 13.8 Å². The molecule has 6 nitrogen and oxygen atoms in total. The van der Waals surface area contributed by atoms with Crippen molar-refractivity contribution < 1.29 is 9.59 Å². The molecule has 2 aromatic carbocycles. The first kappa shape index (κ1) is 20.5. The predicted octanol–water partition coefficient (Wildman–Crippen LogP) is 3.55. The maximum absolute atomic E-state index is 12.8. The Bertz CT molecular complexity index is 956. The highest BCUT2D eigenvalue weighted by Crippen LogP contribution is 2.25. The molecule has 7 heteroatoms. The number of aryl methyl sites for hydroxylation is 2. The SMILES string of the molecule is Cc1ccc(C)c(N2CCN(C(=O)CN3CCN(c4cccc(Cl)c4)C3=O)CC2)c1. The highest BCUT2D eigenvalue weighted by atomic mass is 35.5. The van der Waals surface area contributed by atoms with Gasteiger partial charge in [-0.05, 0) is 49.2 Å². The summed E-state index contributed by atoms with van der Waals surface area (Å²) in [6.07, 6.45) is 0. The van der Waals surface area contributed by atoms with Crippen LogP contribution >= 0.6 is 11.6 Å². The largest absolute Gasteiger partial charge is 0.368 e. The van der Waals surface area contributed by atoms with E-state index in [1.165, 1.54) is 16.8 Å². The monoisotopic (exact) mass is 426 g/mol. The summed E-state index contributed by atoms with van der Waals surface area (Å²) >= 11 is 6.05. The molecule has 2 aliphatic rings. The average molecular weight is 427 g/mol. The molecule has 0 radical (unpaired) electrons. The van der Waals surface area contributed by atoms with Gasteiger partial charge in [0.2, 0.25) is 5.91 Å². The van der Waals surface area contributed by atoms with Crippen LogP contribution in [-0.4, -0.2) is 67.6 Å². The standard InChI is InChI=1S/C23H27ClN4O2/c1-17-6-7-18(2)21(14-17)25-8-10-26(11-9-25)22(29)16-27-12-13-28(23(27)30)20-5-3-4-19(24)15-20/h3-7,14-15H,8-13,16H2,1-2H3. The summed E-state index contributed by atoms with van der Waals surface area (Å²) in [5.41, 5.74) is 4.51. The first-order valence-electron chi connectivity index (χ1n) is 10.3. The fraction of sp³-hybridized carbons (Fsp3) is 0.391. The van der Waals surface area contributed by atoms with E-state index in [9.17, 15) is 9.59 Å². The van der Waals surface area contributed by atoms with E-state index in [0.717, 1.165) is 18.8 Å². The third kappa shape index (κ3) is 4.24. The Hall–Kier alpha value is -2.73. The fourth-order valence-corrected chi connectivity index (χ4v) is 4.32. The van der Waals surface area contributed by atoms with Gasteiger partial charge in [-0.15, -0.1) is 0 Å². The summed E-state index contributed by atoms with van der Waals surface area (Å²) < 4.78 is 0. The smallest absolute Gasteiger partial charge is 0.325 e. The Morgan fingerprint density at radius 3 is 2.47 bits per heavy atom. The number of piperazine rings is 1. The van der Waals surface area contributed by atoms with Crippen LogP contribution < -0.4 is 9.80 Å². The fourth-order valence-electron chi connectivity index (χ4n) is 4.13. The van der Waals surface area contributed by atoms with Gasteiger partial charge in [-0.3, -0.25) is 9.69 Å². The minimum atomic E-state index is -0.139. The van der Waals surface area contributed by atoms with Crippen molar-refractivity contribution in [2.75, 3.05) is 55.6 Å². The lowest BCUT2D eigenvalue weighted by atomic mass is 10.1. The molecular formula is C23H27ClN4O2. The molecular weight excluding hydrogens is 400 g/mol. The molecule has 2 saturated heterocycles. The number of rotatable bonds is 4. The molecule has 0 saturated carbocycles. The second-order valence-corrected chi connectivity index (χ2v) is 8.43. The van der Waals surface area contributed by atoms with Gasteiger partial charge >= 0.3 is 6.03 Å². The van der Waals surface area contributed by atoms with Gasteiger partial charge in [0.25, 0.3) is 0 Å². The van der Waals surface area contributed by atoms with Crippen LogP contribution in [0.4, 0.5) is 16.2 Å². The highest BCUT2D eigenvalue weighted by Gasteiger charge is 2.32. The van der Waals surface area contributed by atoms with E-state index < -0.39 is 0 Å². The maximum Gasteiger partial charge on any atom is 0.325 e. The van der Waals surface area contributed by atoms with Crippen molar-refractivity contribution in [3.8, 4) is 0 Å². The Kier molecular flexibility index (Phi) is 5.86. The molecule has 4 rings (SSSR count). The number of anilines is 2. The summed E-state index contributed by atoms with van der Waals surface area (Å²) in [7, 11) is 0. The van der Waals surface area contributed by atoms with E-state index >= 15 is 0 Å². The van der Waals surface area contributed by atoms with Crippen molar-refractivity contribution in [2.24, 2.45) is 0 Å². The van der Waals surface area contributed by atoms with E-state index in [4.69, 9.17) is 11.6 Å². The lowest BCUT2D eigenvalue weighted by Gasteiger charge is -2.37. The lowest BCUT2D eigenvalue weighted by Crippen LogP contribution is -2.51. The number of carbonyl (C=O) groups is 2. The van der Waals surface area contributed by atoms with E-state index in [-0.39, 0.29) is 18.5 Å². The number of halogens is 1. The maximum atomic E-state index is 12.8. The van der Waals surface area contributed by atoms with Gasteiger partial charge in [0.05, 0.1) is 0 Å². The van der Waals surface area contributed by atoms with Gasteiger partial charge in [0.1, 0.15) is 6.54 Å². The van der Waals surface area contributed by atoms with Crippen molar-refractivity contribution in [1.82, 2.24) is 9.80 Å². The molecule has 2 fully saturated rings. The van der Waals surface area contributed by atoms with Crippen molar-refractivity contribution in [1.29, 1.82) is 0 Å². The summed E-state index contributed by atoms with van der Waals surface area (Å²) in [4.78, 5) is 33.1. The second kappa shape index (κ2) is 8.56. The van der Waals surface area contributed by atoms with Gasteiger partial charge in [0.15, 0.2) is 0 Å². The minimum absolute atomic E-state index is 0.0110. The minimum Gasteiger partial charge on any atom is -0.368 e. The number of urea groups is 1. The van der Waals surface area contributed by atoms with Crippen molar-refractivity contribution in [3.05, 3.63) is 58.6 Å². The zero-order valence-corrected chi connectivity index (χ0v) is 18.2. The Morgan fingerprint density at radius 2 is 1.73 bits per heavy atom. The van der Waals surface area contributed by atoms with Crippen LogP contribution in [0.25, 0.3) is 0 Å². The third-order valence-electron chi connectivity index (χ3n) is 5.88. The molecule has 0 bridgehead atoms. The normalized spacial score (nSPS) is 17.1. The molecule has 0 unspecified atom stereocenters. The van der Waals surface area contributed by atoms with E-state index in [1.807, 2.05) is 17.0 Å². The Balaban J connectivity index is 1.33. The molecule has 2 aliphatic heterocycles. The van der Waals surface area contributed by atoms with Crippen LogP contribution in [0.2, 0.25) is 5.02 Å². The molecule has 3 amide bonds. The average Bonchev–Trinajstić information content (AvgIpc) is 3.10. The predicted molar refractivity (Wildman–Crippen MR) is 120 cm³/mol. The summed E-state index contributed by atoms with van der Waals surface area (Å²) in [6.45, 7) is 8.40. The molecule has 0 spiro atoms. The summed E-state index contributed by atoms with van der Waals surface area (Å²) in [5, 5.41) is 0.594. The van der Waals surface area contributed by atoms with Gasteiger partial charge in [0, 0.05) is 55.7 Å². The summed E-state index contributed by atoms with van der Waals surface area (Å²) in [6, 6.07) is 13.6. The Morgan fingerprint density at radius 1 is 0.967 bits per heavy atom. The number of nitrogens with zero attached hydrogens (tertiary/aromatic N) is 4.